The Morgan fingerprint density at radius 1 is 1.43 bits per heavy atom. The highest BCUT2D eigenvalue weighted by molar-refractivity contribution is 5.92. The molecule has 0 spiro atoms. The van der Waals surface area contributed by atoms with Crippen molar-refractivity contribution in [3.05, 3.63) is 45.9 Å². The molecule has 2 rings (SSSR count). The van der Waals surface area contributed by atoms with Crippen LogP contribution in [0.2, 0.25) is 0 Å². The lowest BCUT2D eigenvalue weighted by atomic mass is 10.3. The van der Waals surface area contributed by atoms with Gasteiger partial charge in [-0.2, -0.15) is 0 Å². The number of carbonyl (C=O) groups excluding carboxylic acids is 1. The molecule has 0 atom stereocenters. The van der Waals surface area contributed by atoms with Gasteiger partial charge in [-0.15, -0.1) is 0 Å². The molecule has 0 aliphatic carbocycles. The summed E-state index contributed by atoms with van der Waals surface area (Å²) in [6.07, 6.45) is 0. The number of nitro benzene ring substituents is 1. The summed E-state index contributed by atoms with van der Waals surface area (Å²) in [5, 5.41) is 10.6. The first kappa shape index (κ1) is 14.5. The summed E-state index contributed by atoms with van der Waals surface area (Å²) in [5.74, 6) is 0.0305. The molecule has 1 heterocycles. The number of non-ortho nitro benzene ring substituents is 1. The van der Waals surface area contributed by atoms with Gasteiger partial charge in [-0.05, 0) is 26.0 Å². The van der Waals surface area contributed by atoms with Crippen LogP contribution in [0.3, 0.4) is 0 Å². The van der Waals surface area contributed by atoms with Crippen LogP contribution in [0.15, 0.2) is 24.3 Å². The van der Waals surface area contributed by atoms with E-state index in [0.29, 0.717) is 11.5 Å². The van der Waals surface area contributed by atoms with Crippen molar-refractivity contribution in [2.75, 3.05) is 12.3 Å². The van der Waals surface area contributed by atoms with Crippen molar-refractivity contribution in [3.63, 3.8) is 0 Å². The number of nitrogens with zero attached hydrogens (tertiary/aromatic N) is 3. The molecule has 0 saturated heterocycles. The zero-order valence-electron chi connectivity index (χ0n) is 11.6. The molecule has 0 saturated carbocycles. The zero-order valence-corrected chi connectivity index (χ0v) is 11.6. The molecule has 110 valence electrons. The maximum atomic E-state index is 11.7. The van der Waals surface area contributed by atoms with Crippen LogP contribution in [0.25, 0.3) is 5.69 Å². The average molecular weight is 290 g/mol. The third-order valence-corrected chi connectivity index (χ3v) is 2.87. The van der Waals surface area contributed by atoms with Gasteiger partial charge in [-0.25, -0.2) is 9.78 Å². The van der Waals surface area contributed by atoms with E-state index < -0.39 is 10.9 Å². The third kappa shape index (κ3) is 2.69. The fourth-order valence-corrected chi connectivity index (χ4v) is 1.95. The van der Waals surface area contributed by atoms with E-state index in [0.717, 1.165) is 0 Å². The molecule has 0 bridgehead atoms. The molecular formula is C13H14N4O4. The molecule has 1 aromatic carbocycles. The normalized spacial score (nSPS) is 10.4. The number of aryl methyl sites for hydroxylation is 1. The van der Waals surface area contributed by atoms with Crippen molar-refractivity contribution in [1.82, 2.24) is 9.55 Å². The van der Waals surface area contributed by atoms with Crippen molar-refractivity contribution >= 4 is 17.5 Å². The minimum atomic E-state index is -0.598. The van der Waals surface area contributed by atoms with Crippen molar-refractivity contribution in [1.29, 1.82) is 0 Å². The summed E-state index contributed by atoms with van der Waals surface area (Å²) >= 11 is 0. The van der Waals surface area contributed by atoms with Gasteiger partial charge in [0.1, 0.15) is 11.6 Å². The molecule has 21 heavy (non-hydrogen) atoms. The van der Waals surface area contributed by atoms with Crippen LogP contribution >= 0.6 is 0 Å². The number of nitrogen functional groups attached to an aromatic ring is 1. The Morgan fingerprint density at radius 2 is 2.05 bits per heavy atom. The van der Waals surface area contributed by atoms with E-state index >= 15 is 0 Å². The van der Waals surface area contributed by atoms with Gasteiger partial charge in [0.2, 0.25) is 0 Å². The minimum absolute atomic E-state index is 0.0271. The number of aromatic nitrogens is 2. The van der Waals surface area contributed by atoms with E-state index in [1.165, 1.54) is 28.8 Å². The van der Waals surface area contributed by atoms with Crippen molar-refractivity contribution in [3.8, 4) is 5.69 Å². The highest BCUT2D eigenvalue weighted by Crippen LogP contribution is 2.23. The van der Waals surface area contributed by atoms with E-state index in [4.69, 9.17) is 10.5 Å². The van der Waals surface area contributed by atoms with E-state index in [-0.39, 0.29) is 23.8 Å². The smallest absolute Gasteiger partial charge is 0.360 e. The van der Waals surface area contributed by atoms with Gasteiger partial charge in [0.15, 0.2) is 5.69 Å². The molecule has 8 nitrogen and oxygen atoms in total. The fourth-order valence-electron chi connectivity index (χ4n) is 1.95. The Balaban J connectivity index is 2.44. The second kappa shape index (κ2) is 5.61. The number of hydrogen-bond acceptors (Lipinski definition) is 6. The SMILES string of the molecule is CCOC(=O)c1nc(C)n(-c2ccc([N+](=O)[O-])cc2)c1N. The number of rotatable bonds is 4. The van der Waals surface area contributed by atoms with Crippen LogP contribution in [0.4, 0.5) is 11.5 Å². The fraction of sp³-hybridized carbons (Fsp3) is 0.231. The molecule has 2 aromatic rings. The maximum Gasteiger partial charge on any atom is 0.360 e. The quantitative estimate of drug-likeness (QED) is 0.522. The standard InChI is InChI=1S/C13H14N4O4/c1-3-21-13(18)11-12(14)16(8(2)15-11)9-4-6-10(7-5-9)17(19)20/h4-7H,3,14H2,1-2H3. The van der Waals surface area contributed by atoms with Crippen molar-refractivity contribution < 1.29 is 14.5 Å². The largest absolute Gasteiger partial charge is 0.461 e. The number of anilines is 1. The molecule has 0 aliphatic rings. The van der Waals surface area contributed by atoms with Gasteiger partial charge in [-0.1, -0.05) is 0 Å². The Bertz CT molecular complexity index is 691. The van der Waals surface area contributed by atoms with E-state index in [1.54, 1.807) is 13.8 Å². The van der Waals surface area contributed by atoms with E-state index in [2.05, 4.69) is 4.98 Å². The number of imidazole rings is 1. The van der Waals surface area contributed by atoms with Gasteiger partial charge < -0.3 is 10.5 Å². The summed E-state index contributed by atoms with van der Waals surface area (Å²) in [6.45, 7) is 3.59. The average Bonchev–Trinajstić information content (AvgIpc) is 2.74. The molecule has 0 amide bonds. The molecule has 1 aromatic heterocycles. The minimum Gasteiger partial charge on any atom is -0.461 e. The lowest BCUT2D eigenvalue weighted by Gasteiger charge is -2.07. The van der Waals surface area contributed by atoms with Gasteiger partial charge in [0.25, 0.3) is 5.69 Å². The summed E-state index contributed by atoms with van der Waals surface area (Å²) in [5.41, 5.74) is 6.52. The van der Waals surface area contributed by atoms with Crippen LogP contribution in [0, 0.1) is 17.0 Å². The Hall–Kier alpha value is -2.90. The summed E-state index contributed by atoms with van der Waals surface area (Å²) < 4.78 is 6.42. The van der Waals surface area contributed by atoms with E-state index in [9.17, 15) is 14.9 Å². The second-order valence-electron chi connectivity index (χ2n) is 4.22. The molecular weight excluding hydrogens is 276 g/mol. The first-order valence-corrected chi connectivity index (χ1v) is 6.22. The monoisotopic (exact) mass is 290 g/mol. The van der Waals surface area contributed by atoms with Gasteiger partial charge in [0, 0.05) is 17.8 Å². The second-order valence-corrected chi connectivity index (χ2v) is 4.22. The Morgan fingerprint density at radius 3 is 2.57 bits per heavy atom. The van der Waals surface area contributed by atoms with Crippen LogP contribution in [-0.4, -0.2) is 27.1 Å². The summed E-state index contributed by atoms with van der Waals surface area (Å²) in [4.78, 5) is 26.0. The molecule has 2 N–H and O–H groups in total. The van der Waals surface area contributed by atoms with Gasteiger partial charge in [0.05, 0.1) is 11.5 Å². The number of benzene rings is 1. The number of ether oxygens (including phenoxy) is 1. The van der Waals surface area contributed by atoms with Gasteiger partial charge in [-0.3, -0.25) is 14.7 Å². The lowest BCUT2D eigenvalue weighted by molar-refractivity contribution is -0.384. The molecule has 8 heteroatoms. The van der Waals surface area contributed by atoms with Crippen molar-refractivity contribution in [2.24, 2.45) is 0 Å². The third-order valence-electron chi connectivity index (χ3n) is 2.87. The van der Waals surface area contributed by atoms with Crippen LogP contribution < -0.4 is 5.73 Å². The number of carbonyl (C=O) groups is 1. The molecule has 0 aliphatic heterocycles. The molecule has 0 radical (unpaired) electrons. The lowest BCUT2D eigenvalue weighted by Crippen LogP contribution is -2.09. The van der Waals surface area contributed by atoms with Crippen LogP contribution in [-0.2, 0) is 4.74 Å². The molecule has 0 unspecified atom stereocenters. The summed E-state index contributed by atoms with van der Waals surface area (Å²) in [6, 6.07) is 5.80. The zero-order chi connectivity index (χ0) is 15.6. The predicted octanol–water partition coefficient (Wildman–Crippen LogP) is 1.85. The Labute approximate surface area is 120 Å². The van der Waals surface area contributed by atoms with Crippen LogP contribution in [0.1, 0.15) is 23.2 Å². The molecule has 0 fully saturated rings. The topological polar surface area (TPSA) is 113 Å². The van der Waals surface area contributed by atoms with E-state index in [1.807, 2.05) is 0 Å². The summed E-state index contributed by atoms with van der Waals surface area (Å²) in [7, 11) is 0. The number of nitrogens with two attached hydrogens (primary N) is 1. The van der Waals surface area contributed by atoms with Crippen molar-refractivity contribution in [2.45, 2.75) is 13.8 Å². The predicted molar refractivity (Wildman–Crippen MR) is 75.3 cm³/mol. The highest BCUT2D eigenvalue weighted by Gasteiger charge is 2.20. The number of esters is 1. The highest BCUT2D eigenvalue weighted by atomic mass is 16.6. The maximum absolute atomic E-state index is 11.7. The van der Waals surface area contributed by atoms with Gasteiger partial charge >= 0.3 is 5.97 Å². The Kier molecular flexibility index (Phi) is 3.88. The first-order chi connectivity index (χ1) is 9.95. The first-order valence-electron chi connectivity index (χ1n) is 6.22. The van der Waals surface area contributed by atoms with Crippen LogP contribution in [0.5, 0.6) is 0 Å². The number of nitro groups is 1. The number of hydrogen-bond donors (Lipinski definition) is 1.